The zero-order chi connectivity index (χ0) is 24.0. The molecule has 4 heterocycles. The van der Waals surface area contributed by atoms with Crippen LogP contribution in [0.25, 0.3) is 0 Å². The number of rotatable bonds is 6. The second-order valence-electron chi connectivity index (χ2n) is 7.92. The largest absolute Gasteiger partial charge is 0.490 e. The summed E-state index contributed by atoms with van der Waals surface area (Å²) in [6, 6.07) is 2.24. The Hall–Kier alpha value is -2.86. The fourth-order valence-corrected chi connectivity index (χ4v) is 3.85. The average Bonchev–Trinajstić information content (AvgIpc) is 3.52. The fourth-order valence-electron chi connectivity index (χ4n) is 3.85. The molecule has 1 unspecified atom stereocenters. The van der Waals surface area contributed by atoms with Gasteiger partial charge in [-0.3, -0.25) is 9.69 Å². The Bertz CT molecular complexity index is 923. The van der Waals surface area contributed by atoms with Gasteiger partial charge in [-0.05, 0) is 25.8 Å². The topological polar surface area (TPSA) is 101 Å². The molecule has 182 valence electrons. The van der Waals surface area contributed by atoms with Crippen LogP contribution < -0.4 is 0 Å². The van der Waals surface area contributed by atoms with Gasteiger partial charge in [0.2, 0.25) is 5.91 Å². The predicted molar refractivity (Wildman–Crippen MR) is 109 cm³/mol. The zero-order valence-corrected chi connectivity index (χ0v) is 18.3. The summed E-state index contributed by atoms with van der Waals surface area (Å²) in [5.74, 6) is -1.60. The standard InChI is InChI=1S/C19H26N4O3.C2HF3O2/c1-15-19-20-10-17(13-26-14-18(24)21-5-2-3-6-21)23(19)8-7-22(15)11-16-4-9-25-12-16;3-2(4,5)1(6)7/h4,9-10,12,15H,2-3,5-8,11,13-14H2,1H3;(H,6,7). The van der Waals surface area contributed by atoms with Gasteiger partial charge in [0.15, 0.2) is 0 Å². The minimum atomic E-state index is -5.08. The Balaban J connectivity index is 0.000000383. The highest BCUT2D eigenvalue weighted by atomic mass is 19.4. The number of carbonyl (C=O) groups is 2. The van der Waals surface area contributed by atoms with Gasteiger partial charge in [0.05, 0.1) is 37.1 Å². The normalized spacial score (nSPS) is 18.5. The number of fused-ring (bicyclic) bond motifs is 1. The molecule has 33 heavy (non-hydrogen) atoms. The molecule has 1 amide bonds. The summed E-state index contributed by atoms with van der Waals surface area (Å²) in [6.07, 6.45) is 2.52. The first-order valence-electron chi connectivity index (χ1n) is 10.6. The van der Waals surface area contributed by atoms with Crippen molar-refractivity contribution in [2.45, 2.75) is 51.7 Å². The quantitative estimate of drug-likeness (QED) is 0.690. The van der Waals surface area contributed by atoms with Crippen molar-refractivity contribution in [1.29, 1.82) is 0 Å². The highest BCUT2D eigenvalue weighted by Crippen LogP contribution is 2.27. The summed E-state index contributed by atoms with van der Waals surface area (Å²) < 4.78 is 44.8. The molecule has 4 rings (SSSR count). The van der Waals surface area contributed by atoms with E-state index in [9.17, 15) is 18.0 Å². The van der Waals surface area contributed by atoms with Crippen molar-refractivity contribution >= 4 is 11.9 Å². The number of aliphatic carboxylic acids is 1. The Morgan fingerprint density at radius 1 is 1.24 bits per heavy atom. The molecule has 0 aromatic carbocycles. The molecule has 1 atom stereocenters. The molecule has 0 saturated carbocycles. The maximum absolute atomic E-state index is 12.1. The van der Waals surface area contributed by atoms with Crippen LogP contribution in [-0.2, 0) is 34.0 Å². The first-order chi connectivity index (χ1) is 15.7. The lowest BCUT2D eigenvalue weighted by molar-refractivity contribution is -0.192. The molecule has 2 aliphatic heterocycles. The van der Waals surface area contributed by atoms with Crippen LogP contribution in [0.4, 0.5) is 13.2 Å². The number of hydrogen-bond donors (Lipinski definition) is 1. The van der Waals surface area contributed by atoms with Crippen LogP contribution in [0.3, 0.4) is 0 Å². The Labute approximate surface area is 188 Å². The smallest absolute Gasteiger partial charge is 0.475 e. The number of furan rings is 1. The van der Waals surface area contributed by atoms with Crippen LogP contribution in [0.1, 0.15) is 42.9 Å². The van der Waals surface area contributed by atoms with Crippen LogP contribution in [0.2, 0.25) is 0 Å². The van der Waals surface area contributed by atoms with E-state index in [1.54, 1.807) is 12.5 Å². The third kappa shape index (κ3) is 6.57. The van der Waals surface area contributed by atoms with E-state index in [0.717, 1.165) is 57.1 Å². The van der Waals surface area contributed by atoms with E-state index < -0.39 is 12.1 Å². The van der Waals surface area contributed by atoms with E-state index in [1.807, 2.05) is 17.2 Å². The number of aromatic nitrogens is 2. The van der Waals surface area contributed by atoms with E-state index in [0.29, 0.717) is 6.61 Å². The SMILES string of the molecule is CC1c2ncc(COCC(=O)N3CCCC3)n2CCN1Cc1ccoc1.O=C(O)C(F)(F)F. The molecule has 12 heteroatoms. The highest BCUT2D eigenvalue weighted by molar-refractivity contribution is 5.77. The van der Waals surface area contributed by atoms with Crippen molar-refractivity contribution in [3.8, 4) is 0 Å². The molecule has 0 bridgehead atoms. The van der Waals surface area contributed by atoms with Crippen molar-refractivity contribution in [3.63, 3.8) is 0 Å². The second-order valence-corrected chi connectivity index (χ2v) is 7.92. The van der Waals surface area contributed by atoms with Crippen molar-refractivity contribution in [1.82, 2.24) is 19.4 Å². The number of likely N-dealkylation sites (tertiary alicyclic amines) is 1. The van der Waals surface area contributed by atoms with E-state index in [-0.39, 0.29) is 18.6 Å². The predicted octanol–water partition coefficient (Wildman–Crippen LogP) is 2.83. The third-order valence-electron chi connectivity index (χ3n) is 5.64. The summed E-state index contributed by atoms with van der Waals surface area (Å²) in [6.45, 7) is 7.21. The number of ether oxygens (including phenoxy) is 1. The molecule has 1 N–H and O–H groups in total. The number of alkyl halides is 3. The number of halogens is 3. The second kappa shape index (κ2) is 10.8. The van der Waals surface area contributed by atoms with Gasteiger partial charge in [0.25, 0.3) is 0 Å². The molecule has 1 saturated heterocycles. The lowest BCUT2D eigenvalue weighted by atomic mass is 10.2. The molecule has 0 aliphatic carbocycles. The lowest BCUT2D eigenvalue weighted by Crippen LogP contribution is -2.37. The van der Waals surface area contributed by atoms with E-state index >= 15 is 0 Å². The Morgan fingerprint density at radius 2 is 1.94 bits per heavy atom. The number of nitrogens with zero attached hydrogens (tertiary/aromatic N) is 4. The van der Waals surface area contributed by atoms with Gasteiger partial charge in [0.1, 0.15) is 12.4 Å². The zero-order valence-electron chi connectivity index (χ0n) is 18.3. The monoisotopic (exact) mass is 472 g/mol. The van der Waals surface area contributed by atoms with Gasteiger partial charge in [-0.2, -0.15) is 13.2 Å². The number of imidazole rings is 1. The summed E-state index contributed by atoms with van der Waals surface area (Å²) in [5.41, 5.74) is 2.23. The first-order valence-corrected chi connectivity index (χ1v) is 10.6. The van der Waals surface area contributed by atoms with E-state index in [1.165, 1.54) is 5.56 Å². The molecule has 2 aliphatic rings. The Morgan fingerprint density at radius 3 is 2.55 bits per heavy atom. The van der Waals surface area contributed by atoms with Crippen molar-refractivity contribution < 1.29 is 37.0 Å². The van der Waals surface area contributed by atoms with Crippen molar-refractivity contribution in [2.75, 3.05) is 26.2 Å². The first kappa shape index (κ1) is 24.8. The minimum Gasteiger partial charge on any atom is -0.475 e. The highest BCUT2D eigenvalue weighted by Gasteiger charge is 2.38. The van der Waals surface area contributed by atoms with Crippen LogP contribution >= 0.6 is 0 Å². The number of carbonyl (C=O) groups excluding carboxylic acids is 1. The average molecular weight is 472 g/mol. The number of amides is 1. The summed E-state index contributed by atoms with van der Waals surface area (Å²) in [4.78, 5) is 29.9. The summed E-state index contributed by atoms with van der Waals surface area (Å²) >= 11 is 0. The minimum absolute atomic E-state index is 0.0977. The summed E-state index contributed by atoms with van der Waals surface area (Å²) in [5, 5.41) is 7.12. The van der Waals surface area contributed by atoms with Gasteiger partial charge in [0, 0.05) is 38.3 Å². The molecular formula is C21H27F3N4O5. The molecule has 9 nitrogen and oxygen atoms in total. The number of carboxylic acid groups (broad SMARTS) is 1. The molecule has 2 aromatic heterocycles. The van der Waals surface area contributed by atoms with Gasteiger partial charge in [-0.25, -0.2) is 9.78 Å². The summed E-state index contributed by atoms with van der Waals surface area (Å²) in [7, 11) is 0. The van der Waals surface area contributed by atoms with E-state index in [2.05, 4.69) is 21.4 Å². The molecule has 1 fully saturated rings. The molecule has 0 radical (unpaired) electrons. The maximum atomic E-state index is 12.1. The third-order valence-corrected chi connectivity index (χ3v) is 5.64. The lowest BCUT2D eigenvalue weighted by Gasteiger charge is -2.34. The van der Waals surface area contributed by atoms with Crippen LogP contribution in [-0.4, -0.2) is 68.8 Å². The van der Waals surface area contributed by atoms with Gasteiger partial charge >= 0.3 is 12.1 Å². The van der Waals surface area contributed by atoms with Gasteiger partial charge < -0.3 is 23.7 Å². The van der Waals surface area contributed by atoms with Crippen LogP contribution in [0.5, 0.6) is 0 Å². The maximum Gasteiger partial charge on any atom is 0.490 e. The van der Waals surface area contributed by atoms with Crippen molar-refractivity contribution in [3.05, 3.63) is 41.9 Å². The fraction of sp³-hybridized carbons (Fsp3) is 0.571. The number of hydrogen-bond acceptors (Lipinski definition) is 6. The van der Waals surface area contributed by atoms with E-state index in [4.69, 9.17) is 19.1 Å². The molecule has 0 spiro atoms. The molecule has 2 aromatic rings. The van der Waals surface area contributed by atoms with Crippen LogP contribution in [0, 0.1) is 0 Å². The van der Waals surface area contributed by atoms with Crippen LogP contribution in [0.15, 0.2) is 29.2 Å². The van der Waals surface area contributed by atoms with Gasteiger partial charge in [-0.15, -0.1) is 0 Å². The molecular weight excluding hydrogens is 445 g/mol. The number of carboxylic acids is 1. The van der Waals surface area contributed by atoms with Gasteiger partial charge in [-0.1, -0.05) is 0 Å². The Kier molecular flexibility index (Phi) is 8.14. The van der Waals surface area contributed by atoms with Crippen molar-refractivity contribution in [2.24, 2.45) is 0 Å².